The van der Waals surface area contributed by atoms with Crippen LogP contribution in [0.1, 0.15) is 32.8 Å². The van der Waals surface area contributed by atoms with Crippen LogP contribution in [0.4, 0.5) is 5.69 Å². The Bertz CT molecular complexity index is 495. The van der Waals surface area contributed by atoms with Gasteiger partial charge in [0.1, 0.15) is 0 Å². The molecule has 108 valence electrons. The summed E-state index contributed by atoms with van der Waals surface area (Å²) in [6.45, 7) is 5.68. The van der Waals surface area contributed by atoms with Crippen LogP contribution in [0.5, 0.6) is 0 Å². The third-order valence-corrected chi connectivity index (χ3v) is 3.70. The molecule has 0 aromatic heterocycles. The molecule has 0 heterocycles. The maximum atomic E-state index is 11.9. The lowest BCUT2D eigenvalue weighted by molar-refractivity contribution is -0.154. The molecule has 4 heteroatoms. The summed E-state index contributed by atoms with van der Waals surface area (Å²) in [6.07, 6.45) is 1.06. The topological polar surface area (TPSA) is 55.4 Å². The lowest BCUT2D eigenvalue weighted by atomic mass is 10.1. The highest BCUT2D eigenvalue weighted by Crippen LogP contribution is 2.38. The van der Waals surface area contributed by atoms with E-state index in [0.717, 1.165) is 18.5 Å². The summed E-state index contributed by atoms with van der Waals surface area (Å²) >= 11 is 0. The van der Waals surface area contributed by atoms with Gasteiger partial charge in [-0.15, -0.1) is 0 Å². The molecule has 0 radical (unpaired) electrons. The van der Waals surface area contributed by atoms with Gasteiger partial charge in [0.2, 0.25) is 0 Å². The summed E-state index contributed by atoms with van der Waals surface area (Å²) < 4.78 is 5.17. The average Bonchev–Trinajstić information content (AvgIpc) is 3.16. The third-order valence-electron chi connectivity index (χ3n) is 3.70. The lowest BCUT2D eigenvalue weighted by Gasteiger charge is -2.13. The number of carbonyl (C=O) groups is 2. The molecule has 1 aromatic carbocycles. The normalized spacial score (nSPS) is 21.9. The number of esters is 1. The predicted molar refractivity (Wildman–Crippen MR) is 77.3 cm³/mol. The molecular weight excluding hydrogens is 254 g/mol. The van der Waals surface area contributed by atoms with Gasteiger partial charge >= 0.3 is 5.97 Å². The van der Waals surface area contributed by atoms with Gasteiger partial charge in [0.05, 0.1) is 5.92 Å². The van der Waals surface area contributed by atoms with Crippen molar-refractivity contribution < 1.29 is 14.3 Å². The van der Waals surface area contributed by atoms with Crippen LogP contribution in [0, 0.1) is 11.8 Å². The van der Waals surface area contributed by atoms with Crippen molar-refractivity contribution in [2.75, 3.05) is 5.32 Å². The van der Waals surface area contributed by atoms with Gasteiger partial charge in [0, 0.05) is 5.69 Å². The van der Waals surface area contributed by atoms with Crippen LogP contribution in [0.25, 0.3) is 0 Å². The van der Waals surface area contributed by atoms with Crippen molar-refractivity contribution in [3.8, 4) is 0 Å². The number of amides is 1. The Hall–Kier alpha value is -1.84. The number of rotatable bonds is 5. The molecule has 1 fully saturated rings. The monoisotopic (exact) mass is 275 g/mol. The first-order chi connectivity index (χ1) is 9.51. The summed E-state index contributed by atoms with van der Waals surface area (Å²) in [6, 6.07) is 7.65. The Morgan fingerprint density at radius 3 is 2.45 bits per heavy atom. The van der Waals surface area contributed by atoms with E-state index in [1.807, 2.05) is 31.2 Å². The third kappa shape index (κ3) is 3.59. The number of ether oxygens (including phenoxy) is 1. The number of nitrogens with one attached hydrogen (secondary N) is 1. The number of hydrogen-bond acceptors (Lipinski definition) is 3. The van der Waals surface area contributed by atoms with Crippen LogP contribution >= 0.6 is 0 Å². The molecule has 3 atom stereocenters. The largest absolute Gasteiger partial charge is 0.452 e. The van der Waals surface area contributed by atoms with E-state index in [-0.39, 0.29) is 17.8 Å². The molecule has 1 aromatic rings. The quantitative estimate of drug-likeness (QED) is 0.841. The van der Waals surface area contributed by atoms with Gasteiger partial charge in [0.15, 0.2) is 6.10 Å². The minimum absolute atomic E-state index is 0.0194. The Balaban J connectivity index is 1.85. The van der Waals surface area contributed by atoms with E-state index in [4.69, 9.17) is 4.74 Å². The van der Waals surface area contributed by atoms with Crippen molar-refractivity contribution in [2.24, 2.45) is 11.8 Å². The fraction of sp³-hybridized carbons (Fsp3) is 0.500. The van der Waals surface area contributed by atoms with Gasteiger partial charge in [-0.1, -0.05) is 26.0 Å². The van der Waals surface area contributed by atoms with E-state index < -0.39 is 6.10 Å². The molecule has 20 heavy (non-hydrogen) atoms. The number of anilines is 1. The summed E-state index contributed by atoms with van der Waals surface area (Å²) in [4.78, 5) is 23.6. The second-order valence-corrected chi connectivity index (χ2v) is 5.44. The standard InChI is InChI=1S/C16H21NO3/c1-4-12-5-7-13(8-6-12)17-15(18)11(3)20-16(19)14-9-10(14)2/h5-8,10-11,14H,4,9H2,1-3H3,(H,17,18)/t10-,11-,14+/m0/s1. The van der Waals surface area contributed by atoms with Crippen molar-refractivity contribution in [2.45, 2.75) is 39.7 Å². The molecule has 0 saturated heterocycles. The average molecular weight is 275 g/mol. The van der Waals surface area contributed by atoms with Crippen molar-refractivity contribution in [1.29, 1.82) is 0 Å². The number of hydrogen-bond donors (Lipinski definition) is 1. The van der Waals surface area contributed by atoms with Gasteiger partial charge in [-0.05, 0) is 43.4 Å². The van der Waals surface area contributed by atoms with E-state index >= 15 is 0 Å². The smallest absolute Gasteiger partial charge is 0.309 e. The molecule has 1 aliphatic rings. The maximum absolute atomic E-state index is 11.9. The Labute approximate surface area is 119 Å². The highest BCUT2D eigenvalue weighted by atomic mass is 16.5. The van der Waals surface area contributed by atoms with Crippen LogP contribution in [0.2, 0.25) is 0 Å². The van der Waals surface area contributed by atoms with E-state index in [1.165, 1.54) is 5.56 Å². The first-order valence-corrected chi connectivity index (χ1v) is 7.11. The van der Waals surface area contributed by atoms with Crippen molar-refractivity contribution >= 4 is 17.6 Å². The second-order valence-electron chi connectivity index (χ2n) is 5.44. The van der Waals surface area contributed by atoms with Crippen molar-refractivity contribution in [3.63, 3.8) is 0 Å². The second kappa shape index (κ2) is 6.07. The fourth-order valence-corrected chi connectivity index (χ4v) is 2.03. The summed E-state index contributed by atoms with van der Waals surface area (Å²) in [7, 11) is 0. The Kier molecular flexibility index (Phi) is 4.42. The van der Waals surface area contributed by atoms with Gasteiger partial charge in [-0.25, -0.2) is 0 Å². The van der Waals surface area contributed by atoms with Crippen molar-refractivity contribution in [3.05, 3.63) is 29.8 Å². The number of benzene rings is 1. The Morgan fingerprint density at radius 2 is 1.95 bits per heavy atom. The zero-order valence-electron chi connectivity index (χ0n) is 12.2. The van der Waals surface area contributed by atoms with Gasteiger partial charge in [-0.3, -0.25) is 9.59 Å². The molecule has 0 spiro atoms. The van der Waals surface area contributed by atoms with Crippen LogP contribution in [-0.2, 0) is 20.7 Å². The van der Waals surface area contributed by atoms with E-state index in [1.54, 1.807) is 6.92 Å². The first-order valence-electron chi connectivity index (χ1n) is 7.11. The van der Waals surface area contributed by atoms with E-state index in [9.17, 15) is 9.59 Å². The SMILES string of the molecule is CCc1ccc(NC(=O)[C@H](C)OC(=O)[C@@H]2C[C@@H]2C)cc1. The van der Waals surface area contributed by atoms with Crippen LogP contribution in [0.15, 0.2) is 24.3 Å². The molecule has 2 rings (SSSR count). The molecule has 0 bridgehead atoms. The Morgan fingerprint density at radius 1 is 1.35 bits per heavy atom. The van der Waals surface area contributed by atoms with Crippen LogP contribution < -0.4 is 5.32 Å². The molecule has 0 aliphatic heterocycles. The molecule has 1 saturated carbocycles. The lowest BCUT2D eigenvalue weighted by Crippen LogP contribution is -2.30. The maximum Gasteiger partial charge on any atom is 0.309 e. The van der Waals surface area contributed by atoms with Crippen LogP contribution in [-0.4, -0.2) is 18.0 Å². The molecule has 1 amide bonds. The molecule has 1 N–H and O–H groups in total. The van der Waals surface area contributed by atoms with Crippen molar-refractivity contribution in [1.82, 2.24) is 0 Å². The highest BCUT2D eigenvalue weighted by molar-refractivity contribution is 5.95. The molecule has 4 nitrogen and oxygen atoms in total. The van der Waals surface area contributed by atoms with Gasteiger partial charge in [-0.2, -0.15) is 0 Å². The van der Waals surface area contributed by atoms with E-state index in [0.29, 0.717) is 5.92 Å². The van der Waals surface area contributed by atoms with Gasteiger partial charge < -0.3 is 10.1 Å². The summed E-state index contributed by atoms with van der Waals surface area (Å²) in [5.41, 5.74) is 1.93. The minimum atomic E-state index is -0.763. The zero-order chi connectivity index (χ0) is 14.7. The number of carbonyl (C=O) groups excluding carboxylic acids is 2. The fourth-order valence-electron chi connectivity index (χ4n) is 2.03. The van der Waals surface area contributed by atoms with Crippen LogP contribution in [0.3, 0.4) is 0 Å². The van der Waals surface area contributed by atoms with Gasteiger partial charge in [0.25, 0.3) is 5.91 Å². The highest BCUT2D eigenvalue weighted by Gasteiger charge is 2.41. The minimum Gasteiger partial charge on any atom is -0.452 e. The van der Waals surface area contributed by atoms with E-state index in [2.05, 4.69) is 12.2 Å². The molecular formula is C16H21NO3. The number of aryl methyl sites for hydroxylation is 1. The first kappa shape index (κ1) is 14.6. The molecule has 1 aliphatic carbocycles. The summed E-state index contributed by atoms with van der Waals surface area (Å²) in [5, 5.41) is 2.75. The predicted octanol–water partition coefficient (Wildman–Crippen LogP) is 2.78. The summed E-state index contributed by atoms with van der Waals surface area (Å²) in [5.74, 6) is -0.189. The zero-order valence-corrected chi connectivity index (χ0v) is 12.2. The molecule has 0 unspecified atom stereocenters.